The first kappa shape index (κ1) is 13.2. The number of allylic oxidation sites excluding steroid dienone is 2. The molecule has 0 unspecified atom stereocenters. The molecule has 3 rings (SSSR count). The fourth-order valence-corrected chi connectivity index (χ4v) is 2.20. The normalized spacial score (nSPS) is 13.7. The summed E-state index contributed by atoms with van der Waals surface area (Å²) < 4.78 is 5.67. The summed E-state index contributed by atoms with van der Waals surface area (Å²) >= 11 is 0. The molecule has 21 heavy (non-hydrogen) atoms. The number of aryl methyl sites for hydroxylation is 2. The number of Topliss-reactive ketones (excluding diaryl/α,β-unsaturated/α-hetero) is 1. The predicted octanol–water partition coefficient (Wildman–Crippen LogP) is 3.04. The highest BCUT2D eigenvalue weighted by Gasteiger charge is 2.27. The minimum atomic E-state index is -0.321. The largest absolute Gasteiger partial charge is 0.453 e. The third-order valence-electron chi connectivity index (χ3n) is 3.38. The number of benzene rings is 1. The molecule has 1 aromatic heterocycles. The molecule has 0 atom stereocenters. The number of fused-ring (bicyclic) bond motifs is 1. The van der Waals surface area contributed by atoms with E-state index >= 15 is 0 Å². The Bertz CT molecular complexity index is 790. The van der Waals surface area contributed by atoms with E-state index in [9.17, 15) is 9.59 Å². The standard InChI is InChI=1S/C17H13NO3/c1-10-3-4-11(2)15(7-10)21-16-8-14(19)12-5-6-18-9-13(12)17(16)20/h3-9H,1-2H3. The van der Waals surface area contributed by atoms with Gasteiger partial charge in [0.1, 0.15) is 5.75 Å². The molecule has 104 valence electrons. The molecular formula is C17H13NO3. The van der Waals surface area contributed by atoms with Crippen molar-refractivity contribution in [3.63, 3.8) is 0 Å². The Hall–Kier alpha value is -2.75. The minimum absolute atomic E-state index is 0.0363. The molecule has 0 fully saturated rings. The lowest BCUT2D eigenvalue weighted by Gasteiger charge is -2.16. The van der Waals surface area contributed by atoms with E-state index in [0.717, 1.165) is 11.1 Å². The Labute approximate surface area is 122 Å². The van der Waals surface area contributed by atoms with Crippen LogP contribution in [0.5, 0.6) is 5.75 Å². The molecule has 1 aliphatic rings. The van der Waals surface area contributed by atoms with Crippen LogP contribution < -0.4 is 4.74 Å². The van der Waals surface area contributed by atoms with E-state index in [0.29, 0.717) is 11.3 Å². The molecule has 2 aromatic rings. The summed E-state index contributed by atoms with van der Waals surface area (Å²) in [4.78, 5) is 28.3. The molecule has 1 heterocycles. The van der Waals surface area contributed by atoms with Crippen molar-refractivity contribution in [2.24, 2.45) is 0 Å². The molecule has 0 amide bonds. The van der Waals surface area contributed by atoms with Gasteiger partial charge in [0.05, 0.1) is 5.56 Å². The van der Waals surface area contributed by atoms with E-state index in [1.165, 1.54) is 18.5 Å². The van der Waals surface area contributed by atoms with Crippen LogP contribution in [0.3, 0.4) is 0 Å². The van der Waals surface area contributed by atoms with Gasteiger partial charge in [0, 0.05) is 24.0 Å². The Morgan fingerprint density at radius 2 is 1.86 bits per heavy atom. The SMILES string of the molecule is Cc1ccc(C)c(OC2=CC(=O)c3ccncc3C2=O)c1. The molecular weight excluding hydrogens is 266 g/mol. The summed E-state index contributed by atoms with van der Waals surface area (Å²) in [7, 11) is 0. The molecule has 0 spiro atoms. The van der Waals surface area contributed by atoms with Crippen LogP contribution in [0.25, 0.3) is 0 Å². The maximum absolute atomic E-state index is 12.4. The van der Waals surface area contributed by atoms with E-state index in [1.54, 1.807) is 6.07 Å². The Morgan fingerprint density at radius 1 is 1.05 bits per heavy atom. The first-order chi connectivity index (χ1) is 10.1. The van der Waals surface area contributed by atoms with Gasteiger partial charge in [-0.3, -0.25) is 14.6 Å². The van der Waals surface area contributed by atoms with Gasteiger partial charge in [-0.1, -0.05) is 12.1 Å². The van der Waals surface area contributed by atoms with Crippen molar-refractivity contribution in [2.45, 2.75) is 13.8 Å². The van der Waals surface area contributed by atoms with Gasteiger partial charge in [-0.15, -0.1) is 0 Å². The monoisotopic (exact) mass is 279 g/mol. The predicted molar refractivity (Wildman–Crippen MR) is 77.5 cm³/mol. The lowest BCUT2D eigenvalue weighted by Crippen LogP contribution is -2.20. The van der Waals surface area contributed by atoms with E-state index in [1.807, 2.05) is 32.0 Å². The molecule has 0 saturated heterocycles. The fourth-order valence-electron chi connectivity index (χ4n) is 2.20. The number of nitrogens with zero attached hydrogens (tertiary/aromatic N) is 1. The molecule has 4 nitrogen and oxygen atoms in total. The Morgan fingerprint density at radius 3 is 2.67 bits per heavy atom. The maximum atomic E-state index is 12.4. The van der Waals surface area contributed by atoms with Crippen molar-refractivity contribution in [3.8, 4) is 5.75 Å². The van der Waals surface area contributed by atoms with Gasteiger partial charge < -0.3 is 4.74 Å². The number of carbonyl (C=O) groups excluding carboxylic acids is 2. The second kappa shape index (κ2) is 4.98. The summed E-state index contributed by atoms with van der Waals surface area (Å²) in [6, 6.07) is 7.26. The average molecular weight is 279 g/mol. The number of carbonyl (C=O) groups is 2. The molecule has 0 bridgehead atoms. The lowest BCUT2D eigenvalue weighted by atomic mass is 9.95. The molecule has 1 aromatic carbocycles. The second-order valence-electron chi connectivity index (χ2n) is 4.99. The van der Waals surface area contributed by atoms with Crippen molar-refractivity contribution in [1.29, 1.82) is 0 Å². The number of hydrogen-bond acceptors (Lipinski definition) is 4. The van der Waals surface area contributed by atoms with Crippen molar-refractivity contribution in [3.05, 3.63) is 70.7 Å². The molecule has 0 N–H and O–H groups in total. The lowest BCUT2D eigenvalue weighted by molar-refractivity contribution is 0.0946. The van der Waals surface area contributed by atoms with E-state index < -0.39 is 0 Å². The van der Waals surface area contributed by atoms with Gasteiger partial charge in [-0.2, -0.15) is 0 Å². The average Bonchev–Trinajstić information content (AvgIpc) is 2.48. The van der Waals surface area contributed by atoms with Crippen LogP contribution in [0.4, 0.5) is 0 Å². The van der Waals surface area contributed by atoms with Gasteiger partial charge in [-0.05, 0) is 37.1 Å². The van der Waals surface area contributed by atoms with Crippen LogP contribution in [0.15, 0.2) is 48.5 Å². The van der Waals surface area contributed by atoms with Gasteiger partial charge in [-0.25, -0.2) is 0 Å². The number of aromatic nitrogens is 1. The number of hydrogen-bond donors (Lipinski definition) is 0. The zero-order valence-electron chi connectivity index (χ0n) is 11.7. The Balaban J connectivity index is 1.99. The number of rotatable bonds is 2. The van der Waals surface area contributed by atoms with Crippen molar-refractivity contribution in [2.75, 3.05) is 0 Å². The van der Waals surface area contributed by atoms with Gasteiger partial charge in [0.2, 0.25) is 5.78 Å². The molecule has 0 aliphatic heterocycles. The Kier molecular flexibility index (Phi) is 3.14. The van der Waals surface area contributed by atoms with Gasteiger partial charge >= 0.3 is 0 Å². The third-order valence-corrected chi connectivity index (χ3v) is 3.38. The minimum Gasteiger partial charge on any atom is -0.453 e. The van der Waals surface area contributed by atoms with Crippen molar-refractivity contribution in [1.82, 2.24) is 4.98 Å². The van der Waals surface area contributed by atoms with E-state index in [2.05, 4.69) is 4.98 Å². The van der Waals surface area contributed by atoms with Crippen molar-refractivity contribution >= 4 is 11.6 Å². The fraction of sp³-hybridized carbons (Fsp3) is 0.118. The molecule has 0 saturated carbocycles. The molecule has 1 aliphatic carbocycles. The zero-order valence-corrected chi connectivity index (χ0v) is 11.7. The highest BCUT2D eigenvalue weighted by atomic mass is 16.5. The van der Waals surface area contributed by atoms with Crippen LogP contribution in [-0.4, -0.2) is 16.6 Å². The van der Waals surface area contributed by atoms with Crippen LogP contribution in [0.2, 0.25) is 0 Å². The number of ether oxygens (including phenoxy) is 1. The van der Waals surface area contributed by atoms with Crippen LogP contribution in [0.1, 0.15) is 31.8 Å². The third kappa shape index (κ3) is 2.36. The highest BCUT2D eigenvalue weighted by Crippen LogP contribution is 2.26. The first-order valence-electron chi connectivity index (χ1n) is 6.56. The maximum Gasteiger partial charge on any atom is 0.230 e. The topological polar surface area (TPSA) is 56.3 Å². The quantitative estimate of drug-likeness (QED) is 0.847. The van der Waals surface area contributed by atoms with Gasteiger partial charge in [0.25, 0.3) is 0 Å². The highest BCUT2D eigenvalue weighted by molar-refractivity contribution is 6.23. The van der Waals surface area contributed by atoms with Crippen molar-refractivity contribution < 1.29 is 14.3 Å². The smallest absolute Gasteiger partial charge is 0.230 e. The number of ketones is 2. The van der Waals surface area contributed by atoms with Crippen LogP contribution in [0, 0.1) is 13.8 Å². The van der Waals surface area contributed by atoms with Crippen LogP contribution in [-0.2, 0) is 0 Å². The summed E-state index contributed by atoms with van der Waals surface area (Å²) in [6.07, 6.45) is 4.13. The van der Waals surface area contributed by atoms with Crippen LogP contribution >= 0.6 is 0 Å². The van der Waals surface area contributed by atoms with Gasteiger partial charge in [0.15, 0.2) is 11.5 Å². The number of pyridine rings is 1. The molecule has 0 radical (unpaired) electrons. The zero-order chi connectivity index (χ0) is 15.0. The summed E-state index contributed by atoms with van der Waals surface area (Å²) in [5.74, 6) is 0.0508. The summed E-state index contributed by atoms with van der Waals surface area (Å²) in [5.41, 5.74) is 2.57. The summed E-state index contributed by atoms with van der Waals surface area (Å²) in [5, 5.41) is 0. The van der Waals surface area contributed by atoms with E-state index in [-0.39, 0.29) is 22.9 Å². The first-order valence-corrected chi connectivity index (χ1v) is 6.56. The summed E-state index contributed by atoms with van der Waals surface area (Å²) in [6.45, 7) is 3.83. The molecule has 4 heteroatoms. The second-order valence-corrected chi connectivity index (χ2v) is 4.99. The van der Waals surface area contributed by atoms with E-state index in [4.69, 9.17) is 4.74 Å².